The van der Waals surface area contributed by atoms with Gasteiger partial charge in [-0.2, -0.15) is 0 Å². The van der Waals surface area contributed by atoms with Gasteiger partial charge in [0.25, 0.3) is 0 Å². The molecule has 0 aromatic heterocycles. The Morgan fingerprint density at radius 2 is 1.00 bits per heavy atom. The number of hydrogen-bond donors (Lipinski definition) is 2. The minimum absolute atomic E-state index is 0.0210. The largest absolute Gasteiger partial charge is 0.508 e. The molecule has 0 unspecified atom stereocenters. The molecule has 0 atom stereocenters. The van der Waals surface area contributed by atoms with Crippen molar-refractivity contribution in [3.63, 3.8) is 0 Å². The smallest absolute Gasteiger partial charge is 0.338 e. The fraction of sp³-hybridized carbons (Fsp3) is 0.0909. The second-order valence-electron chi connectivity index (χ2n) is 6.02. The summed E-state index contributed by atoms with van der Waals surface area (Å²) in [6.07, 6.45) is 0. The van der Waals surface area contributed by atoms with Crippen molar-refractivity contribution in [2.75, 3.05) is 14.2 Å². The molecule has 0 fully saturated rings. The molecule has 0 bridgehead atoms. The van der Waals surface area contributed by atoms with Crippen molar-refractivity contribution in [3.8, 4) is 33.8 Å². The van der Waals surface area contributed by atoms with E-state index in [1.54, 1.807) is 24.3 Å². The maximum atomic E-state index is 12.0. The van der Waals surface area contributed by atoms with Crippen molar-refractivity contribution in [3.05, 3.63) is 71.8 Å². The zero-order valence-corrected chi connectivity index (χ0v) is 15.3. The lowest BCUT2D eigenvalue weighted by Gasteiger charge is -2.12. The highest BCUT2D eigenvalue weighted by Gasteiger charge is 2.16. The highest BCUT2D eigenvalue weighted by atomic mass is 16.5. The number of esters is 2. The normalized spacial score (nSPS) is 10.4. The summed E-state index contributed by atoms with van der Waals surface area (Å²) in [4.78, 5) is 24.0. The Morgan fingerprint density at radius 3 is 1.32 bits per heavy atom. The molecule has 28 heavy (non-hydrogen) atoms. The molecular weight excluding hydrogens is 360 g/mol. The summed E-state index contributed by atoms with van der Waals surface area (Å²) in [5.74, 6) is -0.986. The van der Waals surface area contributed by atoms with Gasteiger partial charge in [-0.3, -0.25) is 0 Å². The Kier molecular flexibility index (Phi) is 5.31. The van der Waals surface area contributed by atoms with E-state index < -0.39 is 11.9 Å². The van der Waals surface area contributed by atoms with Gasteiger partial charge in [0, 0.05) is 0 Å². The van der Waals surface area contributed by atoms with Crippen molar-refractivity contribution in [1.82, 2.24) is 0 Å². The monoisotopic (exact) mass is 378 g/mol. The van der Waals surface area contributed by atoms with Crippen LogP contribution < -0.4 is 0 Å². The molecule has 0 aliphatic heterocycles. The molecule has 3 rings (SSSR count). The van der Waals surface area contributed by atoms with Crippen LogP contribution in [0.1, 0.15) is 20.7 Å². The summed E-state index contributed by atoms with van der Waals surface area (Å²) < 4.78 is 9.60. The van der Waals surface area contributed by atoms with Gasteiger partial charge in [-0.25, -0.2) is 9.59 Å². The number of methoxy groups -OCH3 is 2. The van der Waals surface area contributed by atoms with Crippen LogP contribution in [0.4, 0.5) is 0 Å². The lowest BCUT2D eigenvalue weighted by Crippen LogP contribution is -2.04. The van der Waals surface area contributed by atoms with Crippen LogP contribution in [0.2, 0.25) is 0 Å². The number of hydrogen-bond acceptors (Lipinski definition) is 6. The second kappa shape index (κ2) is 7.84. The van der Waals surface area contributed by atoms with Crippen LogP contribution in [0.15, 0.2) is 60.7 Å². The fourth-order valence-corrected chi connectivity index (χ4v) is 2.95. The first kappa shape index (κ1) is 19.0. The van der Waals surface area contributed by atoms with E-state index in [0.717, 1.165) is 0 Å². The quantitative estimate of drug-likeness (QED) is 0.667. The molecule has 0 spiro atoms. The Bertz CT molecular complexity index is 953. The molecule has 3 aromatic rings. The number of carbonyl (C=O) groups excluding carboxylic acids is 2. The van der Waals surface area contributed by atoms with Gasteiger partial charge < -0.3 is 19.7 Å². The van der Waals surface area contributed by atoms with Crippen molar-refractivity contribution in [1.29, 1.82) is 0 Å². The minimum Gasteiger partial charge on any atom is -0.508 e. The Labute approximate surface area is 161 Å². The predicted molar refractivity (Wildman–Crippen MR) is 103 cm³/mol. The number of phenolic OH excluding ortho intramolecular Hbond substituents is 2. The summed E-state index contributed by atoms with van der Waals surface area (Å²) in [7, 11) is 2.58. The standard InChI is InChI=1S/C22H18O6/c1-27-21(25)17-9-7-15(23)11-19(17)13-3-5-14(6-4-13)20-12-16(24)8-10-18(20)22(26)28-2/h3-12,23-24H,1-2H3. The summed E-state index contributed by atoms with van der Waals surface area (Å²) in [6.45, 7) is 0. The van der Waals surface area contributed by atoms with Gasteiger partial charge in [-0.1, -0.05) is 24.3 Å². The Hall–Kier alpha value is -3.80. The number of carbonyl (C=O) groups is 2. The van der Waals surface area contributed by atoms with E-state index in [-0.39, 0.29) is 11.5 Å². The molecule has 0 aliphatic carbocycles. The van der Waals surface area contributed by atoms with Crippen LogP contribution in [-0.2, 0) is 9.47 Å². The number of aromatic hydroxyl groups is 2. The molecular formula is C22H18O6. The zero-order chi connectivity index (χ0) is 20.3. The van der Waals surface area contributed by atoms with Crippen molar-refractivity contribution in [2.24, 2.45) is 0 Å². The van der Waals surface area contributed by atoms with Crippen LogP contribution >= 0.6 is 0 Å². The van der Waals surface area contributed by atoms with E-state index in [1.807, 2.05) is 0 Å². The van der Waals surface area contributed by atoms with E-state index in [0.29, 0.717) is 33.4 Å². The molecule has 0 saturated heterocycles. The van der Waals surface area contributed by atoms with Gasteiger partial charge in [0.2, 0.25) is 0 Å². The molecule has 0 aliphatic rings. The predicted octanol–water partition coefficient (Wildman–Crippen LogP) is 4.01. The summed E-state index contributed by atoms with van der Waals surface area (Å²) in [5.41, 5.74) is 3.03. The molecule has 0 heterocycles. The third kappa shape index (κ3) is 3.66. The van der Waals surface area contributed by atoms with Gasteiger partial charge in [0.15, 0.2) is 0 Å². The number of ether oxygens (including phenoxy) is 2. The Morgan fingerprint density at radius 1 is 0.643 bits per heavy atom. The van der Waals surface area contributed by atoms with E-state index in [4.69, 9.17) is 9.47 Å². The lowest BCUT2D eigenvalue weighted by molar-refractivity contribution is 0.0592. The maximum absolute atomic E-state index is 12.0. The Balaban J connectivity index is 2.07. The first-order chi connectivity index (χ1) is 13.4. The fourth-order valence-electron chi connectivity index (χ4n) is 2.95. The topological polar surface area (TPSA) is 93.1 Å². The average Bonchev–Trinajstić information content (AvgIpc) is 2.72. The molecule has 6 nitrogen and oxygen atoms in total. The third-order valence-corrected chi connectivity index (χ3v) is 4.32. The maximum Gasteiger partial charge on any atom is 0.338 e. The van der Waals surface area contributed by atoms with Crippen molar-refractivity contribution >= 4 is 11.9 Å². The molecule has 2 N–H and O–H groups in total. The zero-order valence-electron chi connectivity index (χ0n) is 15.3. The lowest BCUT2D eigenvalue weighted by atomic mass is 9.94. The van der Waals surface area contributed by atoms with E-state index in [9.17, 15) is 19.8 Å². The number of benzene rings is 3. The summed E-state index contributed by atoms with van der Waals surface area (Å²) in [6, 6.07) is 15.8. The molecule has 0 amide bonds. The molecule has 6 heteroatoms. The summed E-state index contributed by atoms with van der Waals surface area (Å²) >= 11 is 0. The minimum atomic E-state index is -0.514. The number of rotatable bonds is 4. The third-order valence-electron chi connectivity index (χ3n) is 4.32. The van der Waals surface area contributed by atoms with E-state index in [1.165, 1.54) is 50.6 Å². The SMILES string of the molecule is COC(=O)c1ccc(O)cc1-c1ccc(-c2cc(O)ccc2C(=O)OC)cc1. The van der Waals surface area contributed by atoms with Crippen LogP contribution in [0.3, 0.4) is 0 Å². The van der Waals surface area contributed by atoms with Crippen LogP contribution in [0.5, 0.6) is 11.5 Å². The van der Waals surface area contributed by atoms with Gasteiger partial charge in [0.1, 0.15) is 11.5 Å². The average molecular weight is 378 g/mol. The number of phenols is 2. The molecule has 3 aromatic carbocycles. The van der Waals surface area contributed by atoms with Gasteiger partial charge in [0.05, 0.1) is 25.3 Å². The van der Waals surface area contributed by atoms with Crippen molar-refractivity contribution in [2.45, 2.75) is 0 Å². The second-order valence-corrected chi connectivity index (χ2v) is 6.02. The first-order valence-corrected chi connectivity index (χ1v) is 8.38. The van der Waals surface area contributed by atoms with Crippen LogP contribution in [0.25, 0.3) is 22.3 Å². The van der Waals surface area contributed by atoms with Crippen LogP contribution in [-0.4, -0.2) is 36.4 Å². The van der Waals surface area contributed by atoms with Gasteiger partial charge in [-0.15, -0.1) is 0 Å². The van der Waals surface area contributed by atoms with Gasteiger partial charge in [-0.05, 0) is 58.7 Å². The summed E-state index contributed by atoms with van der Waals surface area (Å²) in [5, 5.41) is 19.6. The first-order valence-electron chi connectivity index (χ1n) is 8.38. The highest BCUT2D eigenvalue weighted by Crippen LogP contribution is 2.32. The van der Waals surface area contributed by atoms with Gasteiger partial charge >= 0.3 is 11.9 Å². The van der Waals surface area contributed by atoms with E-state index >= 15 is 0 Å². The molecule has 0 saturated carbocycles. The van der Waals surface area contributed by atoms with Crippen molar-refractivity contribution < 1.29 is 29.3 Å². The molecule has 0 radical (unpaired) electrons. The highest BCUT2D eigenvalue weighted by molar-refractivity contribution is 5.99. The van der Waals surface area contributed by atoms with E-state index in [2.05, 4.69) is 0 Å². The van der Waals surface area contributed by atoms with Crippen LogP contribution in [0, 0.1) is 0 Å². The molecule has 142 valence electrons.